The maximum Gasteiger partial charge on any atom is 0.266 e. The summed E-state index contributed by atoms with van der Waals surface area (Å²) in [5.74, 6) is 1.12. The zero-order chi connectivity index (χ0) is 29.6. The molecule has 43 heavy (non-hydrogen) atoms. The summed E-state index contributed by atoms with van der Waals surface area (Å²) in [6.45, 7) is 0.371. The van der Waals surface area contributed by atoms with Crippen molar-refractivity contribution >= 4 is 96.0 Å². The van der Waals surface area contributed by atoms with Crippen molar-refractivity contribution in [2.75, 3.05) is 11.9 Å². The van der Waals surface area contributed by atoms with Crippen LogP contribution in [0.15, 0.2) is 57.8 Å². The largest absolute Gasteiger partial charge is 0.490 e. The van der Waals surface area contributed by atoms with Crippen LogP contribution in [0.5, 0.6) is 5.75 Å². The molecule has 0 atom stereocenters. The van der Waals surface area contributed by atoms with Crippen LogP contribution in [0.2, 0.25) is 0 Å². The number of para-hydroxylation sites is 2. The second-order valence-electron chi connectivity index (χ2n) is 10.1. The number of amides is 2. The zero-order valence-corrected chi connectivity index (χ0v) is 27.3. The molecule has 0 radical (unpaired) electrons. The number of thiazole rings is 1. The van der Waals surface area contributed by atoms with E-state index in [1.807, 2.05) is 48.5 Å². The number of carbonyl (C=O) groups is 2. The number of hydrogen-bond donors (Lipinski definition) is 1. The number of nitrogens with one attached hydrogen (secondary N) is 1. The van der Waals surface area contributed by atoms with Crippen LogP contribution in [0.25, 0.3) is 16.3 Å². The molecule has 3 heterocycles. The molecule has 1 N–H and O–H groups in total. The van der Waals surface area contributed by atoms with E-state index in [0.29, 0.717) is 33.1 Å². The number of aromatic nitrogens is 3. The van der Waals surface area contributed by atoms with E-state index in [9.17, 15) is 9.59 Å². The summed E-state index contributed by atoms with van der Waals surface area (Å²) in [6.07, 6.45) is 8.58. The number of carbonyl (C=O) groups excluding carboxylic acids is 2. The van der Waals surface area contributed by atoms with Gasteiger partial charge in [0, 0.05) is 18.5 Å². The van der Waals surface area contributed by atoms with E-state index in [0.717, 1.165) is 43.7 Å². The van der Waals surface area contributed by atoms with Gasteiger partial charge in [0.25, 0.3) is 5.91 Å². The van der Waals surface area contributed by atoms with Gasteiger partial charge in [-0.25, -0.2) is 4.98 Å². The van der Waals surface area contributed by atoms with Gasteiger partial charge in [0.1, 0.15) is 15.1 Å². The van der Waals surface area contributed by atoms with Gasteiger partial charge >= 0.3 is 0 Å². The summed E-state index contributed by atoms with van der Waals surface area (Å²) in [6, 6.07) is 15.9. The molecule has 2 amide bonds. The molecule has 4 aromatic rings. The molecule has 8 nitrogen and oxygen atoms in total. The van der Waals surface area contributed by atoms with Crippen LogP contribution in [-0.2, 0) is 15.3 Å². The minimum Gasteiger partial charge on any atom is -0.490 e. The zero-order valence-electron chi connectivity index (χ0n) is 23.2. The van der Waals surface area contributed by atoms with Crippen molar-refractivity contribution in [3.63, 3.8) is 0 Å². The van der Waals surface area contributed by atoms with E-state index in [1.165, 1.54) is 42.4 Å². The fraction of sp³-hybridized carbons (Fsp3) is 0.333. The molecule has 222 valence electrons. The minimum atomic E-state index is -0.170. The smallest absolute Gasteiger partial charge is 0.266 e. The van der Waals surface area contributed by atoms with Crippen molar-refractivity contribution in [3.8, 4) is 5.75 Å². The Morgan fingerprint density at radius 2 is 1.91 bits per heavy atom. The Labute approximate surface area is 271 Å². The second kappa shape index (κ2) is 14.3. The summed E-state index contributed by atoms with van der Waals surface area (Å²) < 4.78 is 8.94. The Morgan fingerprint density at radius 1 is 1.09 bits per heavy atom. The van der Waals surface area contributed by atoms with E-state index >= 15 is 0 Å². The molecule has 1 aliphatic carbocycles. The van der Waals surface area contributed by atoms with Gasteiger partial charge in [-0.3, -0.25) is 14.5 Å². The van der Waals surface area contributed by atoms with E-state index in [-0.39, 0.29) is 24.3 Å². The standard InChI is InChI=1S/C30H29N5O3S5/c36-25(32-28-34-33-26(43-28)18-40-29-31-21-12-5-7-14-23(21)41-29)15-8-16-35-27(37)24(42-30(35)39)17-19-9-4-6-13-22(19)38-20-10-2-1-3-11-20/h4-7,9,12-14,17,20H,1-3,8,10-11,15-16,18H2,(H,32,34,36)/b24-17-. The molecule has 2 aromatic heterocycles. The van der Waals surface area contributed by atoms with Gasteiger partial charge in [-0.15, -0.1) is 21.5 Å². The lowest BCUT2D eigenvalue weighted by atomic mass is 9.97. The van der Waals surface area contributed by atoms with Crippen molar-refractivity contribution in [3.05, 3.63) is 64.0 Å². The van der Waals surface area contributed by atoms with Crippen LogP contribution in [-0.4, -0.2) is 48.9 Å². The highest BCUT2D eigenvalue weighted by atomic mass is 32.2. The van der Waals surface area contributed by atoms with Crippen molar-refractivity contribution < 1.29 is 14.3 Å². The number of hydrogen-bond acceptors (Lipinski definition) is 11. The number of thioether (sulfide) groups is 2. The Kier molecular flexibility index (Phi) is 10.0. The second-order valence-corrected chi connectivity index (χ2v) is 15.1. The summed E-state index contributed by atoms with van der Waals surface area (Å²) >= 11 is 11.4. The quantitative estimate of drug-likeness (QED) is 0.0977. The highest BCUT2D eigenvalue weighted by molar-refractivity contribution is 8.26. The number of ether oxygens (including phenoxy) is 1. The average Bonchev–Trinajstić information content (AvgIpc) is 3.71. The summed E-state index contributed by atoms with van der Waals surface area (Å²) in [5, 5.41) is 12.4. The van der Waals surface area contributed by atoms with Crippen LogP contribution in [0, 0.1) is 0 Å². The fourth-order valence-corrected chi connectivity index (χ4v) is 8.99. The number of anilines is 1. The Bertz CT molecular complexity index is 1630. The summed E-state index contributed by atoms with van der Waals surface area (Å²) in [5.41, 5.74) is 1.87. The van der Waals surface area contributed by atoms with Gasteiger partial charge in [0.05, 0.1) is 27.0 Å². The molecule has 2 aromatic carbocycles. The third kappa shape index (κ3) is 7.82. The molecular weight excluding hydrogens is 639 g/mol. The van der Waals surface area contributed by atoms with Gasteiger partial charge in [-0.2, -0.15) is 0 Å². The Hall–Kier alpha value is -2.84. The van der Waals surface area contributed by atoms with Gasteiger partial charge in [-0.1, -0.05) is 83.8 Å². The normalized spacial score (nSPS) is 16.8. The maximum absolute atomic E-state index is 13.2. The van der Waals surface area contributed by atoms with Crippen molar-refractivity contribution in [1.29, 1.82) is 0 Å². The molecular formula is C30H29N5O3S5. The molecule has 0 spiro atoms. The predicted molar refractivity (Wildman–Crippen MR) is 181 cm³/mol. The lowest BCUT2D eigenvalue weighted by molar-refractivity contribution is -0.122. The molecule has 1 saturated heterocycles. The van der Waals surface area contributed by atoms with Crippen LogP contribution < -0.4 is 10.1 Å². The van der Waals surface area contributed by atoms with E-state index in [2.05, 4.69) is 26.6 Å². The molecule has 1 aliphatic heterocycles. The van der Waals surface area contributed by atoms with Crippen LogP contribution in [0.4, 0.5) is 5.13 Å². The SMILES string of the molecule is O=C(CCCN1C(=O)/C(=C/c2ccccc2OC2CCCCC2)SC1=S)Nc1nnc(CSc2nc3ccccc3s2)s1. The molecule has 13 heteroatoms. The first-order valence-electron chi connectivity index (χ1n) is 14.1. The van der Waals surface area contributed by atoms with Crippen molar-refractivity contribution in [1.82, 2.24) is 20.1 Å². The topological polar surface area (TPSA) is 97.3 Å². The lowest BCUT2D eigenvalue weighted by Crippen LogP contribution is -2.29. The van der Waals surface area contributed by atoms with Crippen molar-refractivity contribution in [2.45, 2.75) is 61.1 Å². The van der Waals surface area contributed by atoms with Crippen LogP contribution in [0.1, 0.15) is 55.5 Å². The molecule has 2 aliphatic rings. The summed E-state index contributed by atoms with van der Waals surface area (Å²) in [7, 11) is 0. The molecule has 6 rings (SSSR count). The van der Waals surface area contributed by atoms with E-state index in [4.69, 9.17) is 17.0 Å². The summed E-state index contributed by atoms with van der Waals surface area (Å²) in [4.78, 5) is 32.6. The first-order valence-corrected chi connectivity index (χ1v) is 18.0. The molecule has 0 unspecified atom stereocenters. The number of rotatable bonds is 11. The van der Waals surface area contributed by atoms with Gasteiger partial charge in [-0.05, 0) is 56.4 Å². The average molecular weight is 668 g/mol. The number of thiocarbonyl (C=S) groups is 1. The first kappa shape index (κ1) is 30.2. The van der Waals surface area contributed by atoms with E-state index in [1.54, 1.807) is 28.0 Å². The number of nitrogens with zero attached hydrogens (tertiary/aromatic N) is 4. The molecule has 0 bridgehead atoms. The Balaban J connectivity index is 0.972. The molecule has 1 saturated carbocycles. The monoisotopic (exact) mass is 667 g/mol. The minimum absolute atomic E-state index is 0.137. The maximum atomic E-state index is 13.2. The highest BCUT2D eigenvalue weighted by Gasteiger charge is 2.32. The third-order valence-electron chi connectivity index (χ3n) is 7.02. The fourth-order valence-electron chi connectivity index (χ4n) is 4.88. The first-order chi connectivity index (χ1) is 21.0. The third-order valence-corrected chi connectivity index (χ3v) is 11.6. The molecule has 2 fully saturated rings. The van der Waals surface area contributed by atoms with Gasteiger partial charge < -0.3 is 10.1 Å². The van der Waals surface area contributed by atoms with E-state index < -0.39 is 0 Å². The highest BCUT2D eigenvalue weighted by Crippen LogP contribution is 2.36. The van der Waals surface area contributed by atoms with Crippen LogP contribution >= 0.6 is 58.4 Å². The van der Waals surface area contributed by atoms with Gasteiger partial charge in [0.15, 0.2) is 4.34 Å². The number of fused-ring (bicyclic) bond motifs is 1. The van der Waals surface area contributed by atoms with Crippen LogP contribution in [0.3, 0.4) is 0 Å². The van der Waals surface area contributed by atoms with Crippen molar-refractivity contribution in [2.24, 2.45) is 0 Å². The predicted octanol–water partition coefficient (Wildman–Crippen LogP) is 7.77. The van der Waals surface area contributed by atoms with Gasteiger partial charge in [0.2, 0.25) is 11.0 Å². The number of benzene rings is 2. The Morgan fingerprint density at radius 3 is 2.77 bits per heavy atom. The lowest BCUT2D eigenvalue weighted by Gasteiger charge is -2.23.